The summed E-state index contributed by atoms with van der Waals surface area (Å²) in [4.78, 5) is 0. The molecule has 1 aromatic heterocycles. The van der Waals surface area contributed by atoms with Crippen LogP contribution in [0, 0.1) is 20.8 Å². The molecule has 0 aliphatic heterocycles. The van der Waals surface area contributed by atoms with Gasteiger partial charge in [-0.2, -0.15) is 0 Å². The molecule has 0 aliphatic rings. The highest BCUT2D eigenvalue weighted by Gasteiger charge is 2.20. The number of nitrogens with two attached hydrogens (primary N) is 1. The van der Waals surface area contributed by atoms with E-state index in [9.17, 15) is 0 Å². The summed E-state index contributed by atoms with van der Waals surface area (Å²) < 4.78 is 1.34. The molecule has 0 saturated heterocycles. The Bertz CT molecular complexity index is 608. The Morgan fingerprint density at radius 2 is 1.63 bits per heavy atom. The Balaban J connectivity index is 2.54. The maximum Gasteiger partial charge on any atom is 0.0995 e. The standard InChI is InChI=1S/C14H16Cl2N2S/c1-7-4-9(3)10(5-8(7)2)13(18-17)11-6-12(15)19-14(11)16/h4-6,13,18H,17H2,1-3H3. The summed E-state index contributed by atoms with van der Waals surface area (Å²) in [5, 5.41) is 0. The zero-order valence-corrected chi connectivity index (χ0v) is 13.4. The molecule has 2 aromatic rings. The van der Waals surface area contributed by atoms with E-state index in [-0.39, 0.29) is 6.04 Å². The summed E-state index contributed by atoms with van der Waals surface area (Å²) in [5.74, 6) is 5.72. The Labute approximate surface area is 127 Å². The Hall–Kier alpha value is -0.580. The molecule has 19 heavy (non-hydrogen) atoms. The third kappa shape index (κ3) is 2.96. The van der Waals surface area contributed by atoms with Crippen molar-refractivity contribution in [3.8, 4) is 0 Å². The smallest absolute Gasteiger partial charge is 0.0995 e. The fourth-order valence-corrected chi connectivity index (χ4v) is 3.72. The van der Waals surface area contributed by atoms with Crippen LogP contribution in [0.4, 0.5) is 0 Å². The van der Waals surface area contributed by atoms with Gasteiger partial charge in [-0.15, -0.1) is 11.3 Å². The summed E-state index contributed by atoms with van der Waals surface area (Å²) in [6, 6.07) is 6.04. The minimum absolute atomic E-state index is 0.143. The summed E-state index contributed by atoms with van der Waals surface area (Å²) >= 11 is 13.6. The number of benzene rings is 1. The van der Waals surface area contributed by atoms with E-state index in [0.717, 1.165) is 11.1 Å². The lowest BCUT2D eigenvalue weighted by Gasteiger charge is -2.20. The van der Waals surface area contributed by atoms with E-state index < -0.39 is 0 Å². The molecule has 1 aromatic carbocycles. The van der Waals surface area contributed by atoms with Crippen LogP contribution < -0.4 is 11.3 Å². The van der Waals surface area contributed by atoms with Crippen LogP contribution >= 0.6 is 34.5 Å². The second-order valence-electron chi connectivity index (χ2n) is 4.67. The first-order valence-electron chi connectivity index (χ1n) is 5.92. The minimum Gasteiger partial charge on any atom is -0.271 e. The average Bonchev–Trinajstić information content (AvgIpc) is 2.66. The first-order chi connectivity index (χ1) is 8.93. The van der Waals surface area contributed by atoms with Gasteiger partial charge in [-0.25, -0.2) is 5.43 Å². The lowest BCUT2D eigenvalue weighted by atomic mass is 9.93. The Morgan fingerprint density at radius 3 is 2.16 bits per heavy atom. The molecular formula is C14H16Cl2N2S. The molecule has 0 saturated carbocycles. The summed E-state index contributed by atoms with van der Waals surface area (Å²) in [5.41, 5.74) is 8.58. The molecule has 3 N–H and O–H groups in total. The van der Waals surface area contributed by atoms with Gasteiger partial charge in [0.1, 0.15) is 0 Å². The summed E-state index contributed by atoms with van der Waals surface area (Å²) in [6.45, 7) is 6.27. The second kappa shape index (κ2) is 5.81. The first-order valence-corrected chi connectivity index (χ1v) is 7.50. The monoisotopic (exact) mass is 314 g/mol. The Kier molecular flexibility index (Phi) is 4.54. The second-order valence-corrected chi connectivity index (χ2v) is 6.96. The Morgan fingerprint density at radius 1 is 1.00 bits per heavy atom. The van der Waals surface area contributed by atoms with E-state index in [4.69, 9.17) is 29.0 Å². The van der Waals surface area contributed by atoms with Crippen LogP contribution in [0.2, 0.25) is 8.67 Å². The predicted octanol–water partition coefficient (Wildman–Crippen LogP) is 4.53. The maximum absolute atomic E-state index is 6.23. The van der Waals surface area contributed by atoms with Crippen molar-refractivity contribution in [3.63, 3.8) is 0 Å². The van der Waals surface area contributed by atoms with Crippen molar-refractivity contribution >= 4 is 34.5 Å². The normalized spacial score (nSPS) is 12.7. The third-order valence-electron chi connectivity index (χ3n) is 3.35. The van der Waals surface area contributed by atoms with Gasteiger partial charge in [0.25, 0.3) is 0 Å². The van der Waals surface area contributed by atoms with Crippen molar-refractivity contribution in [2.45, 2.75) is 26.8 Å². The fourth-order valence-electron chi connectivity index (χ4n) is 2.19. The predicted molar refractivity (Wildman–Crippen MR) is 84.2 cm³/mol. The van der Waals surface area contributed by atoms with Gasteiger partial charge in [0, 0.05) is 5.56 Å². The zero-order chi connectivity index (χ0) is 14.2. The number of hydrazine groups is 1. The van der Waals surface area contributed by atoms with E-state index in [1.807, 2.05) is 6.07 Å². The minimum atomic E-state index is -0.143. The lowest BCUT2D eigenvalue weighted by molar-refractivity contribution is 0.635. The number of hydrogen-bond acceptors (Lipinski definition) is 3. The van der Waals surface area contributed by atoms with Crippen LogP contribution in [0.15, 0.2) is 18.2 Å². The number of aryl methyl sites for hydroxylation is 3. The zero-order valence-electron chi connectivity index (χ0n) is 11.1. The van der Waals surface area contributed by atoms with E-state index in [1.165, 1.54) is 28.0 Å². The molecule has 1 atom stereocenters. The SMILES string of the molecule is Cc1cc(C)c(C(NN)c2cc(Cl)sc2Cl)cc1C. The largest absolute Gasteiger partial charge is 0.271 e. The number of thiophene rings is 1. The van der Waals surface area contributed by atoms with Gasteiger partial charge >= 0.3 is 0 Å². The van der Waals surface area contributed by atoms with Crippen molar-refractivity contribution in [1.29, 1.82) is 0 Å². The molecule has 5 heteroatoms. The highest BCUT2D eigenvalue weighted by molar-refractivity contribution is 7.20. The number of nitrogens with one attached hydrogen (secondary N) is 1. The van der Waals surface area contributed by atoms with Crippen LogP contribution in [-0.4, -0.2) is 0 Å². The van der Waals surface area contributed by atoms with E-state index >= 15 is 0 Å². The number of rotatable bonds is 3. The molecule has 1 heterocycles. The van der Waals surface area contributed by atoms with Crippen LogP contribution in [0.25, 0.3) is 0 Å². The van der Waals surface area contributed by atoms with E-state index in [1.54, 1.807) is 0 Å². The third-order valence-corrected chi connectivity index (χ3v) is 4.87. The lowest BCUT2D eigenvalue weighted by Crippen LogP contribution is -2.29. The van der Waals surface area contributed by atoms with Crippen molar-refractivity contribution in [3.05, 3.63) is 54.7 Å². The molecule has 0 aliphatic carbocycles. The van der Waals surface area contributed by atoms with Crippen molar-refractivity contribution in [1.82, 2.24) is 5.43 Å². The molecule has 102 valence electrons. The first kappa shape index (κ1) is 14.8. The van der Waals surface area contributed by atoms with Gasteiger partial charge in [0.05, 0.1) is 14.7 Å². The highest BCUT2D eigenvalue weighted by Crippen LogP contribution is 2.38. The quantitative estimate of drug-likeness (QED) is 0.645. The maximum atomic E-state index is 6.23. The van der Waals surface area contributed by atoms with Crippen LogP contribution in [0.1, 0.15) is 33.9 Å². The number of hydrogen-bond donors (Lipinski definition) is 2. The molecule has 2 nitrogen and oxygen atoms in total. The summed E-state index contributed by atoms with van der Waals surface area (Å²) in [7, 11) is 0. The van der Waals surface area contributed by atoms with Crippen molar-refractivity contribution in [2.75, 3.05) is 0 Å². The molecule has 0 radical (unpaired) electrons. The highest BCUT2D eigenvalue weighted by atomic mass is 35.5. The topological polar surface area (TPSA) is 38.0 Å². The molecular weight excluding hydrogens is 299 g/mol. The van der Waals surface area contributed by atoms with Gasteiger partial charge in [-0.1, -0.05) is 35.3 Å². The van der Waals surface area contributed by atoms with E-state index in [0.29, 0.717) is 8.67 Å². The van der Waals surface area contributed by atoms with Crippen LogP contribution in [0.5, 0.6) is 0 Å². The van der Waals surface area contributed by atoms with Crippen LogP contribution in [0.3, 0.4) is 0 Å². The summed E-state index contributed by atoms with van der Waals surface area (Å²) in [6.07, 6.45) is 0. The van der Waals surface area contributed by atoms with E-state index in [2.05, 4.69) is 38.3 Å². The molecule has 0 spiro atoms. The van der Waals surface area contributed by atoms with Crippen LogP contribution in [-0.2, 0) is 0 Å². The van der Waals surface area contributed by atoms with Gasteiger partial charge in [-0.05, 0) is 49.1 Å². The van der Waals surface area contributed by atoms with Gasteiger partial charge in [-0.3, -0.25) is 5.84 Å². The van der Waals surface area contributed by atoms with Gasteiger partial charge in [0.2, 0.25) is 0 Å². The average molecular weight is 315 g/mol. The fraction of sp³-hybridized carbons (Fsp3) is 0.286. The van der Waals surface area contributed by atoms with Crippen molar-refractivity contribution < 1.29 is 0 Å². The molecule has 0 bridgehead atoms. The van der Waals surface area contributed by atoms with Gasteiger partial charge in [0.15, 0.2) is 0 Å². The van der Waals surface area contributed by atoms with Gasteiger partial charge < -0.3 is 0 Å². The molecule has 1 unspecified atom stereocenters. The molecule has 0 amide bonds. The molecule has 2 rings (SSSR count). The number of halogens is 2. The van der Waals surface area contributed by atoms with Crippen molar-refractivity contribution in [2.24, 2.45) is 5.84 Å². The molecule has 0 fully saturated rings.